The summed E-state index contributed by atoms with van der Waals surface area (Å²) in [5.74, 6) is 0.341. The maximum Gasteiger partial charge on any atom is 0.101 e. The van der Waals surface area contributed by atoms with Gasteiger partial charge in [0.2, 0.25) is 0 Å². The molecule has 1 aliphatic heterocycles. The van der Waals surface area contributed by atoms with E-state index in [0.717, 1.165) is 33.5 Å². The first-order valence-corrected chi connectivity index (χ1v) is 6.79. The lowest BCUT2D eigenvalue weighted by molar-refractivity contribution is 0.188. The highest BCUT2D eigenvalue weighted by atomic mass is 35.5. The number of hydrogen-bond acceptors (Lipinski definition) is 4. The normalized spacial score (nSPS) is 24.6. The average molecular weight is 269 g/mol. The van der Waals surface area contributed by atoms with Crippen LogP contribution in [0.5, 0.6) is 0 Å². The zero-order chi connectivity index (χ0) is 11.8. The molecule has 1 N–H and O–H groups in total. The number of aromatic nitrogens is 1. The summed E-state index contributed by atoms with van der Waals surface area (Å²) < 4.78 is 6.59. The van der Waals surface area contributed by atoms with E-state index < -0.39 is 0 Å². The average Bonchev–Trinajstić information content (AvgIpc) is 2.94. The predicted molar refractivity (Wildman–Crippen MR) is 71.0 cm³/mol. The van der Waals surface area contributed by atoms with Crippen LogP contribution < -0.4 is 5.32 Å². The molecule has 90 valence electrons. The highest BCUT2D eigenvalue weighted by Gasteiger charge is 2.31. The van der Waals surface area contributed by atoms with E-state index in [-0.39, 0.29) is 0 Å². The highest BCUT2D eigenvalue weighted by Crippen LogP contribution is 2.35. The number of halogens is 1. The number of hydrogen-bond donors (Lipinski definition) is 1. The fourth-order valence-corrected chi connectivity index (χ4v) is 3.58. The first kappa shape index (κ1) is 11.4. The summed E-state index contributed by atoms with van der Waals surface area (Å²) in [5.41, 5.74) is 0.985. The number of nitrogens with one attached hydrogen (secondary N) is 1. The Bertz CT molecular complexity index is 542. The lowest BCUT2D eigenvalue weighted by atomic mass is 10.1. The monoisotopic (exact) mass is 268 g/mol. The van der Waals surface area contributed by atoms with Gasteiger partial charge in [0.15, 0.2) is 0 Å². The number of ether oxygens (including phenoxy) is 1. The maximum atomic E-state index is 6.17. The van der Waals surface area contributed by atoms with E-state index in [4.69, 9.17) is 16.3 Å². The van der Waals surface area contributed by atoms with Gasteiger partial charge in [-0.05, 0) is 19.2 Å². The van der Waals surface area contributed by atoms with Gasteiger partial charge in [0.1, 0.15) is 5.01 Å². The van der Waals surface area contributed by atoms with Crippen LogP contribution in [0.3, 0.4) is 0 Å². The molecule has 0 spiro atoms. The smallest absolute Gasteiger partial charge is 0.101 e. The number of thiazole rings is 1. The van der Waals surface area contributed by atoms with Crippen molar-refractivity contribution in [2.75, 3.05) is 20.3 Å². The standard InChI is InChI=1S/C12H13ClN2OS/c1-14-10-6-16-5-7(10)12-15-9-4-2-3-8(13)11(9)17-12/h2-4,7,10,14H,5-6H2,1H3. The van der Waals surface area contributed by atoms with E-state index in [1.807, 2.05) is 25.2 Å². The minimum atomic E-state index is 0.341. The second kappa shape index (κ2) is 4.53. The van der Waals surface area contributed by atoms with Crippen molar-refractivity contribution in [3.05, 3.63) is 28.2 Å². The van der Waals surface area contributed by atoms with Gasteiger partial charge in [0.25, 0.3) is 0 Å². The van der Waals surface area contributed by atoms with E-state index in [9.17, 15) is 0 Å². The molecule has 0 amide bonds. The molecule has 0 bridgehead atoms. The third kappa shape index (κ3) is 1.95. The van der Waals surface area contributed by atoms with Crippen molar-refractivity contribution in [3.8, 4) is 0 Å². The van der Waals surface area contributed by atoms with Gasteiger partial charge in [-0.1, -0.05) is 17.7 Å². The van der Waals surface area contributed by atoms with Gasteiger partial charge in [-0.2, -0.15) is 0 Å². The Kier molecular flexibility index (Phi) is 3.04. The molecular weight excluding hydrogens is 256 g/mol. The minimum Gasteiger partial charge on any atom is -0.379 e. The zero-order valence-corrected chi connectivity index (χ0v) is 11.0. The van der Waals surface area contributed by atoms with Crippen molar-refractivity contribution >= 4 is 33.2 Å². The molecule has 0 radical (unpaired) electrons. The van der Waals surface area contributed by atoms with Crippen LogP contribution in [0.1, 0.15) is 10.9 Å². The summed E-state index contributed by atoms with van der Waals surface area (Å²) >= 11 is 7.85. The summed E-state index contributed by atoms with van der Waals surface area (Å²) in [4.78, 5) is 4.67. The van der Waals surface area contributed by atoms with Crippen LogP contribution in [0.25, 0.3) is 10.2 Å². The number of benzene rings is 1. The Morgan fingerprint density at radius 3 is 3.12 bits per heavy atom. The summed E-state index contributed by atoms with van der Waals surface area (Å²) in [6.45, 7) is 1.49. The molecule has 2 aromatic rings. The molecule has 3 rings (SSSR count). The van der Waals surface area contributed by atoms with Crippen molar-refractivity contribution < 1.29 is 4.74 Å². The van der Waals surface area contributed by atoms with Crippen LogP contribution in [0.15, 0.2) is 18.2 Å². The zero-order valence-electron chi connectivity index (χ0n) is 9.44. The van der Waals surface area contributed by atoms with Crippen LogP contribution in [0.2, 0.25) is 5.02 Å². The number of fused-ring (bicyclic) bond motifs is 1. The Balaban J connectivity index is 2.03. The number of nitrogens with zero attached hydrogens (tertiary/aromatic N) is 1. The van der Waals surface area contributed by atoms with Crippen LogP contribution in [0.4, 0.5) is 0 Å². The molecule has 1 aliphatic rings. The first-order chi connectivity index (χ1) is 8.29. The topological polar surface area (TPSA) is 34.1 Å². The predicted octanol–water partition coefficient (Wildman–Crippen LogP) is 2.65. The van der Waals surface area contributed by atoms with Gasteiger partial charge >= 0.3 is 0 Å². The lowest BCUT2D eigenvalue weighted by Crippen LogP contribution is -2.30. The second-order valence-electron chi connectivity index (χ2n) is 4.18. The third-order valence-corrected chi connectivity index (χ3v) is 4.82. The minimum absolute atomic E-state index is 0.341. The molecule has 1 aromatic heterocycles. The van der Waals surface area contributed by atoms with Gasteiger partial charge in [-0.3, -0.25) is 0 Å². The number of rotatable bonds is 2. The molecule has 2 heterocycles. The van der Waals surface area contributed by atoms with E-state index in [2.05, 4.69) is 10.3 Å². The van der Waals surface area contributed by atoms with Crippen molar-refractivity contribution in [3.63, 3.8) is 0 Å². The van der Waals surface area contributed by atoms with E-state index in [1.165, 1.54) is 0 Å². The highest BCUT2D eigenvalue weighted by molar-refractivity contribution is 7.19. The molecule has 17 heavy (non-hydrogen) atoms. The molecule has 3 nitrogen and oxygen atoms in total. The van der Waals surface area contributed by atoms with Crippen molar-refractivity contribution in [2.24, 2.45) is 0 Å². The lowest BCUT2D eigenvalue weighted by Gasteiger charge is -2.13. The van der Waals surface area contributed by atoms with E-state index in [0.29, 0.717) is 12.0 Å². The molecule has 1 fully saturated rings. The first-order valence-electron chi connectivity index (χ1n) is 5.59. The quantitative estimate of drug-likeness (QED) is 0.909. The fraction of sp³-hybridized carbons (Fsp3) is 0.417. The SMILES string of the molecule is CNC1COCC1c1nc2cccc(Cl)c2s1. The summed E-state index contributed by atoms with van der Waals surface area (Å²) in [7, 11) is 1.96. The van der Waals surface area contributed by atoms with Crippen LogP contribution in [0, 0.1) is 0 Å². The Labute approximate surface area is 109 Å². The van der Waals surface area contributed by atoms with Gasteiger partial charge in [-0.15, -0.1) is 11.3 Å². The Morgan fingerprint density at radius 1 is 1.47 bits per heavy atom. The summed E-state index contributed by atoms with van der Waals surface area (Å²) in [5, 5.41) is 5.18. The van der Waals surface area contributed by atoms with Crippen LogP contribution in [-0.2, 0) is 4.74 Å². The largest absolute Gasteiger partial charge is 0.379 e. The van der Waals surface area contributed by atoms with Crippen molar-refractivity contribution in [1.29, 1.82) is 0 Å². The van der Waals surface area contributed by atoms with E-state index in [1.54, 1.807) is 11.3 Å². The van der Waals surface area contributed by atoms with Crippen LogP contribution >= 0.6 is 22.9 Å². The molecular formula is C12H13ClN2OS. The molecule has 5 heteroatoms. The van der Waals surface area contributed by atoms with Crippen LogP contribution in [-0.4, -0.2) is 31.3 Å². The molecule has 1 aromatic carbocycles. The van der Waals surface area contributed by atoms with Gasteiger partial charge in [0, 0.05) is 6.04 Å². The summed E-state index contributed by atoms with van der Waals surface area (Å²) in [6, 6.07) is 6.21. The Hall–Kier alpha value is -0.680. The summed E-state index contributed by atoms with van der Waals surface area (Å²) in [6.07, 6.45) is 0. The van der Waals surface area contributed by atoms with E-state index >= 15 is 0 Å². The molecule has 2 atom stereocenters. The maximum absolute atomic E-state index is 6.17. The van der Waals surface area contributed by atoms with Crippen molar-refractivity contribution in [2.45, 2.75) is 12.0 Å². The molecule has 2 unspecified atom stereocenters. The Morgan fingerprint density at radius 2 is 2.35 bits per heavy atom. The molecule has 0 aliphatic carbocycles. The third-order valence-electron chi connectivity index (χ3n) is 3.15. The van der Waals surface area contributed by atoms with Gasteiger partial charge < -0.3 is 10.1 Å². The molecule has 1 saturated heterocycles. The van der Waals surface area contributed by atoms with Gasteiger partial charge in [-0.25, -0.2) is 4.98 Å². The van der Waals surface area contributed by atoms with Gasteiger partial charge in [0.05, 0.1) is 34.4 Å². The molecule has 0 saturated carbocycles. The number of likely N-dealkylation sites (N-methyl/N-ethyl adjacent to an activating group) is 1. The van der Waals surface area contributed by atoms with Crippen molar-refractivity contribution in [1.82, 2.24) is 10.3 Å². The fourth-order valence-electron chi connectivity index (χ4n) is 2.17. The second-order valence-corrected chi connectivity index (χ2v) is 5.62.